The Morgan fingerprint density at radius 1 is 1.00 bits per heavy atom. The van der Waals surface area contributed by atoms with Crippen molar-refractivity contribution in [2.45, 2.75) is 33.0 Å². The molecule has 0 fully saturated rings. The Hall–Kier alpha value is -4.08. The van der Waals surface area contributed by atoms with Crippen LogP contribution in [0.4, 0.5) is 17.6 Å². The Labute approximate surface area is 178 Å². The fourth-order valence-electron chi connectivity index (χ4n) is 2.60. The van der Waals surface area contributed by atoms with E-state index in [0.29, 0.717) is 22.7 Å². The summed E-state index contributed by atoms with van der Waals surface area (Å²) in [7, 11) is 0. The van der Waals surface area contributed by atoms with Gasteiger partial charge in [0.25, 0.3) is 5.91 Å². The van der Waals surface area contributed by atoms with Crippen LogP contribution >= 0.6 is 0 Å². The molecule has 3 rings (SSSR count). The van der Waals surface area contributed by atoms with Crippen LogP contribution < -0.4 is 20.5 Å². The highest BCUT2D eigenvalue weighted by atomic mass is 16.5. The third-order valence-electron chi connectivity index (χ3n) is 4.07. The number of rotatable bonds is 8. The monoisotopic (exact) mass is 425 g/mol. The number of benzene rings is 2. The van der Waals surface area contributed by atoms with Gasteiger partial charge in [0, 0.05) is 11.3 Å². The molecular formula is C21H23N5O5. The summed E-state index contributed by atoms with van der Waals surface area (Å²) >= 11 is 0. The number of carboxylic acid groups (broad SMARTS) is 1. The molecule has 0 radical (unpaired) electrons. The first-order chi connectivity index (χ1) is 14.7. The molecule has 2 aromatic carbocycles. The third-order valence-corrected chi connectivity index (χ3v) is 4.07. The Balaban J connectivity index is 1.69. The summed E-state index contributed by atoms with van der Waals surface area (Å²) in [5.41, 5.74) is 6.85. The number of nitrogens with two attached hydrogens (primary N) is 1. The van der Waals surface area contributed by atoms with Gasteiger partial charge in [0.2, 0.25) is 11.9 Å². The van der Waals surface area contributed by atoms with E-state index in [2.05, 4.69) is 15.4 Å². The standard InChI is InChI=1S/C21H23N5O5/c1-12(2)30-16-8-4-14(5-9-16)18(27)26-20(22)24-21(25-26)23-15-6-10-17(11-7-15)31-13(3)19(28)29/h4-13H,1-3H3,(H,28,29)(H3,22,23,24,25). The smallest absolute Gasteiger partial charge is 0.344 e. The van der Waals surface area contributed by atoms with Crippen LogP contribution in [-0.2, 0) is 4.79 Å². The summed E-state index contributed by atoms with van der Waals surface area (Å²) in [6.07, 6.45) is -0.935. The molecule has 3 aromatic rings. The molecule has 0 aliphatic carbocycles. The van der Waals surface area contributed by atoms with Crippen LogP contribution in [0.5, 0.6) is 11.5 Å². The Morgan fingerprint density at radius 2 is 1.58 bits per heavy atom. The van der Waals surface area contributed by atoms with Crippen LogP contribution in [0.15, 0.2) is 48.5 Å². The number of carbonyl (C=O) groups is 2. The van der Waals surface area contributed by atoms with Crippen LogP contribution in [-0.4, -0.2) is 44.0 Å². The molecule has 10 nitrogen and oxygen atoms in total. The second-order valence-corrected chi connectivity index (χ2v) is 6.95. The number of ether oxygens (including phenoxy) is 2. The Morgan fingerprint density at radius 3 is 2.16 bits per heavy atom. The van der Waals surface area contributed by atoms with Crippen molar-refractivity contribution in [3.63, 3.8) is 0 Å². The molecule has 1 heterocycles. The summed E-state index contributed by atoms with van der Waals surface area (Å²) in [6, 6.07) is 13.2. The first-order valence-electron chi connectivity index (χ1n) is 9.53. The van der Waals surface area contributed by atoms with Crippen molar-refractivity contribution in [1.82, 2.24) is 14.8 Å². The van der Waals surface area contributed by atoms with Crippen molar-refractivity contribution in [3.05, 3.63) is 54.1 Å². The van der Waals surface area contributed by atoms with Crippen LogP contribution in [0, 0.1) is 0 Å². The molecule has 31 heavy (non-hydrogen) atoms. The van der Waals surface area contributed by atoms with Crippen molar-refractivity contribution in [3.8, 4) is 11.5 Å². The number of aliphatic carboxylic acids is 1. The van der Waals surface area contributed by atoms with E-state index in [4.69, 9.17) is 20.3 Å². The number of aromatic nitrogens is 3. The fraction of sp³-hybridized carbons (Fsp3) is 0.238. The van der Waals surface area contributed by atoms with Gasteiger partial charge < -0.3 is 25.6 Å². The number of nitrogens with zero attached hydrogens (tertiary/aromatic N) is 3. The summed E-state index contributed by atoms with van der Waals surface area (Å²) < 4.78 is 11.9. The van der Waals surface area contributed by atoms with E-state index in [1.165, 1.54) is 6.92 Å². The SMILES string of the molecule is CC(C)Oc1ccc(C(=O)n2nc(Nc3ccc(OC(C)C(=O)O)cc3)nc2N)cc1. The Kier molecular flexibility index (Phi) is 6.39. The highest BCUT2D eigenvalue weighted by molar-refractivity contribution is 5.97. The van der Waals surface area contributed by atoms with Gasteiger partial charge in [0.1, 0.15) is 11.5 Å². The van der Waals surface area contributed by atoms with Gasteiger partial charge >= 0.3 is 5.97 Å². The molecule has 162 valence electrons. The van der Waals surface area contributed by atoms with E-state index in [9.17, 15) is 9.59 Å². The normalized spacial score (nSPS) is 11.7. The zero-order valence-electron chi connectivity index (χ0n) is 17.3. The van der Waals surface area contributed by atoms with E-state index in [1.54, 1.807) is 48.5 Å². The average Bonchev–Trinajstić information content (AvgIpc) is 3.09. The molecule has 0 bridgehead atoms. The molecule has 0 spiro atoms. The van der Waals surface area contributed by atoms with Crippen molar-refractivity contribution >= 4 is 29.5 Å². The van der Waals surface area contributed by atoms with Gasteiger partial charge in [-0.1, -0.05) is 0 Å². The van der Waals surface area contributed by atoms with Gasteiger partial charge in [0.05, 0.1) is 6.10 Å². The maximum atomic E-state index is 12.7. The summed E-state index contributed by atoms with van der Waals surface area (Å²) in [6.45, 7) is 5.28. The second-order valence-electron chi connectivity index (χ2n) is 6.95. The van der Waals surface area contributed by atoms with E-state index in [-0.39, 0.29) is 18.0 Å². The largest absolute Gasteiger partial charge is 0.491 e. The number of nitrogens with one attached hydrogen (secondary N) is 1. The molecule has 1 aromatic heterocycles. The fourth-order valence-corrected chi connectivity index (χ4v) is 2.60. The van der Waals surface area contributed by atoms with Gasteiger partial charge in [-0.2, -0.15) is 9.67 Å². The number of hydrogen-bond donors (Lipinski definition) is 3. The predicted molar refractivity (Wildman–Crippen MR) is 114 cm³/mol. The lowest BCUT2D eigenvalue weighted by atomic mass is 10.2. The highest BCUT2D eigenvalue weighted by Gasteiger charge is 2.17. The predicted octanol–water partition coefficient (Wildman–Crippen LogP) is 2.93. The van der Waals surface area contributed by atoms with Crippen molar-refractivity contribution in [2.24, 2.45) is 0 Å². The molecule has 10 heteroatoms. The summed E-state index contributed by atoms with van der Waals surface area (Å²) in [5, 5.41) is 16.0. The first-order valence-corrected chi connectivity index (χ1v) is 9.53. The lowest BCUT2D eigenvalue weighted by Crippen LogP contribution is -2.22. The van der Waals surface area contributed by atoms with Crippen molar-refractivity contribution in [1.29, 1.82) is 0 Å². The van der Waals surface area contributed by atoms with Gasteiger partial charge in [-0.15, -0.1) is 5.10 Å². The van der Waals surface area contributed by atoms with E-state index in [0.717, 1.165) is 4.68 Å². The molecule has 1 atom stereocenters. The quantitative estimate of drug-likeness (QED) is 0.496. The summed E-state index contributed by atoms with van der Waals surface area (Å²) in [4.78, 5) is 27.6. The number of anilines is 3. The zero-order valence-corrected chi connectivity index (χ0v) is 17.3. The molecule has 4 N–H and O–H groups in total. The van der Waals surface area contributed by atoms with E-state index >= 15 is 0 Å². The van der Waals surface area contributed by atoms with E-state index < -0.39 is 18.0 Å². The van der Waals surface area contributed by atoms with Crippen molar-refractivity contribution in [2.75, 3.05) is 11.1 Å². The molecular weight excluding hydrogens is 402 g/mol. The number of carboxylic acids is 1. The first kappa shape index (κ1) is 21.6. The minimum atomic E-state index is -1.06. The lowest BCUT2D eigenvalue weighted by Gasteiger charge is -2.10. The minimum Gasteiger partial charge on any atom is -0.491 e. The van der Waals surface area contributed by atoms with Crippen LogP contribution in [0.3, 0.4) is 0 Å². The number of carbonyl (C=O) groups excluding carboxylic acids is 1. The van der Waals surface area contributed by atoms with Gasteiger partial charge in [-0.05, 0) is 69.3 Å². The number of hydrogen-bond acceptors (Lipinski definition) is 8. The van der Waals surface area contributed by atoms with Gasteiger partial charge in [-0.3, -0.25) is 4.79 Å². The topological polar surface area (TPSA) is 142 Å². The molecule has 1 unspecified atom stereocenters. The van der Waals surface area contributed by atoms with Crippen LogP contribution in [0.25, 0.3) is 0 Å². The summed E-state index contributed by atoms with van der Waals surface area (Å²) in [5.74, 6) is -0.354. The maximum Gasteiger partial charge on any atom is 0.344 e. The number of nitrogen functional groups attached to an aromatic ring is 1. The lowest BCUT2D eigenvalue weighted by molar-refractivity contribution is -0.144. The average molecular weight is 425 g/mol. The third kappa shape index (κ3) is 5.50. The molecule has 0 aliphatic rings. The minimum absolute atomic E-state index is 0.0299. The highest BCUT2D eigenvalue weighted by Crippen LogP contribution is 2.21. The van der Waals surface area contributed by atoms with Crippen LogP contribution in [0.2, 0.25) is 0 Å². The van der Waals surface area contributed by atoms with Gasteiger partial charge in [0.15, 0.2) is 6.10 Å². The molecule has 0 aliphatic heterocycles. The molecule has 0 saturated carbocycles. The second kappa shape index (κ2) is 9.16. The van der Waals surface area contributed by atoms with Crippen LogP contribution in [0.1, 0.15) is 31.1 Å². The molecule has 0 saturated heterocycles. The van der Waals surface area contributed by atoms with Crippen molar-refractivity contribution < 1.29 is 24.2 Å². The molecule has 0 amide bonds. The maximum absolute atomic E-state index is 12.7. The zero-order chi connectivity index (χ0) is 22.5. The Bertz CT molecular complexity index is 1060. The van der Waals surface area contributed by atoms with E-state index in [1.807, 2.05) is 13.8 Å². The van der Waals surface area contributed by atoms with Gasteiger partial charge in [-0.25, -0.2) is 4.79 Å².